The maximum atomic E-state index is 12.7. The van der Waals surface area contributed by atoms with Crippen LogP contribution in [0.3, 0.4) is 0 Å². The standard InChI is InChI=1S/C19H25N3O3S2/c1-14-8-11-22(12-9-14)27(24,25)18-5-3-16(4-6-18)19(23)20-10-7-17-13-26-15(2)21-17/h3-6,13-14H,7-12H2,1-2H3,(H,20,23). The minimum absolute atomic E-state index is 0.210. The maximum Gasteiger partial charge on any atom is 0.251 e. The van der Waals surface area contributed by atoms with E-state index in [-0.39, 0.29) is 10.8 Å². The van der Waals surface area contributed by atoms with Crippen LogP contribution in [0.1, 0.15) is 40.8 Å². The fraction of sp³-hybridized carbons (Fsp3) is 0.474. The van der Waals surface area contributed by atoms with Crippen LogP contribution in [-0.4, -0.2) is 43.2 Å². The molecule has 27 heavy (non-hydrogen) atoms. The molecule has 0 bridgehead atoms. The Kier molecular flexibility index (Phi) is 6.29. The molecule has 8 heteroatoms. The molecule has 1 saturated heterocycles. The van der Waals surface area contributed by atoms with Gasteiger partial charge in [-0.25, -0.2) is 13.4 Å². The average Bonchev–Trinajstić information content (AvgIpc) is 3.07. The van der Waals surface area contributed by atoms with Gasteiger partial charge in [-0.3, -0.25) is 4.79 Å². The summed E-state index contributed by atoms with van der Waals surface area (Å²) in [5.41, 5.74) is 1.42. The molecule has 0 aliphatic carbocycles. The van der Waals surface area contributed by atoms with Crippen LogP contribution < -0.4 is 5.32 Å². The predicted octanol–water partition coefficient (Wildman–Crippen LogP) is 2.84. The lowest BCUT2D eigenvalue weighted by Crippen LogP contribution is -2.37. The first-order valence-electron chi connectivity index (χ1n) is 9.15. The number of amides is 1. The van der Waals surface area contributed by atoms with Gasteiger partial charge in [0.25, 0.3) is 5.91 Å². The van der Waals surface area contributed by atoms with Crippen LogP contribution in [0.4, 0.5) is 0 Å². The zero-order valence-corrected chi connectivity index (χ0v) is 17.3. The molecule has 1 aliphatic heterocycles. The number of hydrogen-bond acceptors (Lipinski definition) is 5. The number of nitrogens with zero attached hydrogens (tertiary/aromatic N) is 2. The van der Waals surface area contributed by atoms with E-state index < -0.39 is 10.0 Å². The summed E-state index contributed by atoms with van der Waals surface area (Å²) in [4.78, 5) is 16.9. The topological polar surface area (TPSA) is 79.4 Å². The minimum atomic E-state index is -3.48. The highest BCUT2D eigenvalue weighted by molar-refractivity contribution is 7.89. The fourth-order valence-electron chi connectivity index (χ4n) is 3.08. The van der Waals surface area contributed by atoms with E-state index in [4.69, 9.17) is 0 Å². The highest BCUT2D eigenvalue weighted by Gasteiger charge is 2.28. The fourth-order valence-corrected chi connectivity index (χ4v) is 5.20. The summed E-state index contributed by atoms with van der Waals surface area (Å²) < 4.78 is 27.0. The monoisotopic (exact) mass is 407 g/mol. The quantitative estimate of drug-likeness (QED) is 0.799. The van der Waals surface area contributed by atoms with Crippen molar-refractivity contribution in [3.8, 4) is 0 Å². The van der Waals surface area contributed by atoms with Crippen LogP contribution in [0.15, 0.2) is 34.5 Å². The number of benzene rings is 1. The van der Waals surface area contributed by atoms with Gasteiger partial charge in [-0.2, -0.15) is 4.31 Å². The van der Waals surface area contributed by atoms with Gasteiger partial charge in [0.2, 0.25) is 10.0 Å². The second-order valence-corrected chi connectivity index (χ2v) is 9.97. The SMILES string of the molecule is Cc1nc(CCNC(=O)c2ccc(S(=O)(=O)N3CCC(C)CC3)cc2)cs1. The smallest absolute Gasteiger partial charge is 0.251 e. The number of hydrogen-bond donors (Lipinski definition) is 1. The molecule has 1 amide bonds. The summed E-state index contributed by atoms with van der Waals surface area (Å²) in [7, 11) is -3.48. The lowest BCUT2D eigenvalue weighted by atomic mass is 10.0. The summed E-state index contributed by atoms with van der Waals surface area (Å²) in [5.74, 6) is 0.355. The van der Waals surface area contributed by atoms with Gasteiger partial charge in [0.1, 0.15) is 0 Å². The van der Waals surface area contributed by atoms with E-state index in [9.17, 15) is 13.2 Å². The highest BCUT2D eigenvalue weighted by Crippen LogP contribution is 2.23. The van der Waals surface area contributed by atoms with E-state index in [0.717, 1.165) is 23.5 Å². The van der Waals surface area contributed by atoms with Crippen molar-refractivity contribution in [2.24, 2.45) is 5.92 Å². The Labute approximate surface area is 164 Å². The number of sulfonamides is 1. The normalized spacial score (nSPS) is 16.4. The maximum absolute atomic E-state index is 12.7. The molecule has 0 unspecified atom stereocenters. The van der Waals surface area contributed by atoms with Gasteiger partial charge in [0, 0.05) is 37.0 Å². The molecule has 1 aromatic heterocycles. The van der Waals surface area contributed by atoms with Gasteiger partial charge >= 0.3 is 0 Å². The number of rotatable bonds is 6. The zero-order chi connectivity index (χ0) is 19.4. The molecule has 1 N–H and O–H groups in total. The van der Waals surface area contributed by atoms with Crippen LogP contribution in [-0.2, 0) is 16.4 Å². The number of carbonyl (C=O) groups is 1. The molecule has 2 heterocycles. The number of aromatic nitrogens is 1. The minimum Gasteiger partial charge on any atom is -0.352 e. The number of nitrogens with one attached hydrogen (secondary N) is 1. The van der Waals surface area contributed by atoms with Crippen LogP contribution in [0.5, 0.6) is 0 Å². The molecule has 0 spiro atoms. The third-order valence-corrected chi connectivity index (χ3v) is 7.57. The summed E-state index contributed by atoms with van der Waals surface area (Å²) in [6.07, 6.45) is 2.45. The van der Waals surface area contributed by atoms with E-state index in [2.05, 4.69) is 17.2 Å². The molecule has 1 aliphatic rings. The first-order chi connectivity index (χ1) is 12.9. The highest BCUT2D eigenvalue weighted by atomic mass is 32.2. The molecule has 0 saturated carbocycles. The molecule has 1 aromatic carbocycles. The van der Waals surface area contributed by atoms with Gasteiger partial charge in [0.05, 0.1) is 15.6 Å². The van der Waals surface area contributed by atoms with Crippen LogP contribution in [0.25, 0.3) is 0 Å². The van der Waals surface area contributed by atoms with E-state index in [1.165, 1.54) is 16.4 Å². The molecule has 0 radical (unpaired) electrons. The summed E-state index contributed by atoms with van der Waals surface area (Å²) >= 11 is 1.59. The largest absolute Gasteiger partial charge is 0.352 e. The van der Waals surface area contributed by atoms with Gasteiger partial charge in [-0.15, -0.1) is 11.3 Å². The Morgan fingerprint density at radius 3 is 2.52 bits per heavy atom. The van der Waals surface area contributed by atoms with Gasteiger partial charge in [-0.1, -0.05) is 6.92 Å². The number of thiazole rings is 1. The van der Waals surface area contributed by atoms with Crippen molar-refractivity contribution in [3.05, 3.63) is 45.9 Å². The summed E-state index contributed by atoms with van der Waals surface area (Å²) in [6.45, 7) is 5.71. The number of piperidine rings is 1. The van der Waals surface area contributed by atoms with E-state index >= 15 is 0 Å². The first kappa shape index (κ1) is 20.0. The van der Waals surface area contributed by atoms with Gasteiger partial charge in [-0.05, 0) is 49.9 Å². The molecule has 6 nitrogen and oxygen atoms in total. The van der Waals surface area contributed by atoms with E-state index in [0.29, 0.717) is 37.5 Å². The van der Waals surface area contributed by atoms with Crippen LogP contribution in [0, 0.1) is 12.8 Å². The van der Waals surface area contributed by atoms with Gasteiger partial charge in [0.15, 0.2) is 0 Å². The van der Waals surface area contributed by atoms with Crippen LogP contribution >= 0.6 is 11.3 Å². The summed E-state index contributed by atoms with van der Waals surface area (Å²) in [6, 6.07) is 6.18. The lowest BCUT2D eigenvalue weighted by molar-refractivity contribution is 0.0954. The second kappa shape index (κ2) is 8.50. The van der Waals surface area contributed by atoms with E-state index in [1.54, 1.807) is 23.5 Å². The summed E-state index contributed by atoms with van der Waals surface area (Å²) in [5, 5.41) is 5.85. The number of aryl methyl sites for hydroxylation is 1. The molecule has 3 rings (SSSR count). The molecular weight excluding hydrogens is 382 g/mol. The average molecular weight is 408 g/mol. The van der Waals surface area contributed by atoms with E-state index in [1.807, 2.05) is 12.3 Å². The zero-order valence-electron chi connectivity index (χ0n) is 15.6. The molecule has 146 valence electrons. The Hall–Kier alpha value is -1.77. The van der Waals surface area contributed by atoms with Crippen LogP contribution in [0.2, 0.25) is 0 Å². The Morgan fingerprint density at radius 2 is 1.93 bits per heavy atom. The molecular formula is C19H25N3O3S2. The number of carbonyl (C=O) groups excluding carboxylic acids is 1. The first-order valence-corrected chi connectivity index (χ1v) is 11.5. The van der Waals surface area contributed by atoms with Crippen molar-refractivity contribution >= 4 is 27.3 Å². The predicted molar refractivity (Wildman–Crippen MR) is 106 cm³/mol. The molecule has 2 aromatic rings. The van der Waals surface area contributed by atoms with Crippen molar-refractivity contribution in [1.29, 1.82) is 0 Å². The van der Waals surface area contributed by atoms with Crippen molar-refractivity contribution in [2.45, 2.75) is 38.0 Å². The Bertz CT molecular complexity index is 883. The third-order valence-electron chi connectivity index (χ3n) is 4.83. The Balaban J connectivity index is 1.58. The second-order valence-electron chi connectivity index (χ2n) is 6.97. The van der Waals surface area contributed by atoms with Crippen molar-refractivity contribution < 1.29 is 13.2 Å². The molecule has 0 atom stereocenters. The van der Waals surface area contributed by atoms with Crippen molar-refractivity contribution in [3.63, 3.8) is 0 Å². The van der Waals surface area contributed by atoms with Gasteiger partial charge < -0.3 is 5.32 Å². The van der Waals surface area contributed by atoms with Crippen molar-refractivity contribution in [1.82, 2.24) is 14.6 Å². The Morgan fingerprint density at radius 1 is 1.26 bits per heavy atom. The molecule has 1 fully saturated rings. The lowest BCUT2D eigenvalue weighted by Gasteiger charge is -2.29. The van der Waals surface area contributed by atoms with Crippen molar-refractivity contribution in [2.75, 3.05) is 19.6 Å². The third kappa shape index (κ3) is 4.94.